The summed E-state index contributed by atoms with van der Waals surface area (Å²) in [5.41, 5.74) is 0. The number of rotatable bonds is 0. The minimum atomic E-state index is -2.03. The molecule has 1 aliphatic heterocycles. The minimum absolute atomic E-state index is 0.438. The number of hydrogen-bond donors (Lipinski definition) is 1. The molecular formula is C5H9O2P. The molecule has 2 nitrogen and oxygen atoms in total. The van der Waals surface area contributed by atoms with Crippen molar-refractivity contribution in [3.63, 3.8) is 0 Å². The second-order valence-corrected chi connectivity index (χ2v) is 5.28. The lowest BCUT2D eigenvalue weighted by atomic mass is 10.4. The highest BCUT2D eigenvalue weighted by atomic mass is 31.2. The summed E-state index contributed by atoms with van der Waals surface area (Å²) in [7, 11) is -2.03. The zero-order valence-electron chi connectivity index (χ0n) is 4.74. The largest absolute Gasteiger partial charge is 0.389 e. The first-order valence-electron chi connectivity index (χ1n) is 2.54. The van der Waals surface area contributed by atoms with Crippen LogP contribution >= 0.6 is 7.14 Å². The molecule has 0 fully saturated rings. The molecule has 0 bridgehead atoms. The van der Waals surface area contributed by atoms with Crippen LogP contribution < -0.4 is 0 Å². The van der Waals surface area contributed by atoms with E-state index in [1.807, 2.05) is 0 Å². The molecule has 2 atom stereocenters. The summed E-state index contributed by atoms with van der Waals surface area (Å²) in [6.45, 7) is 1.68. The lowest BCUT2D eigenvalue weighted by molar-refractivity contribution is 0.249. The van der Waals surface area contributed by atoms with Crippen LogP contribution in [0.3, 0.4) is 0 Å². The van der Waals surface area contributed by atoms with Gasteiger partial charge >= 0.3 is 0 Å². The fourth-order valence-corrected chi connectivity index (χ4v) is 2.32. The van der Waals surface area contributed by atoms with E-state index < -0.39 is 13.2 Å². The van der Waals surface area contributed by atoms with E-state index in [9.17, 15) is 4.57 Å². The summed E-state index contributed by atoms with van der Waals surface area (Å²) in [6, 6.07) is 0. The van der Waals surface area contributed by atoms with Crippen LogP contribution in [-0.2, 0) is 4.57 Å². The Morgan fingerprint density at radius 1 is 1.88 bits per heavy atom. The molecule has 1 rings (SSSR count). The Morgan fingerprint density at radius 3 is 2.62 bits per heavy atom. The lowest BCUT2D eigenvalue weighted by Crippen LogP contribution is -2.01. The molecule has 0 saturated carbocycles. The topological polar surface area (TPSA) is 37.3 Å². The molecule has 0 saturated heterocycles. The van der Waals surface area contributed by atoms with Crippen molar-refractivity contribution in [2.75, 3.05) is 12.8 Å². The van der Waals surface area contributed by atoms with Crippen LogP contribution in [0.5, 0.6) is 0 Å². The Hall–Kier alpha value is -0.0700. The van der Waals surface area contributed by atoms with Crippen molar-refractivity contribution in [1.82, 2.24) is 0 Å². The Labute approximate surface area is 48.6 Å². The molecule has 0 aliphatic carbocycles. The summed E-state index contributed by atoms with van der Waals surface area (Å²) in [5.74, 6) is 1.62. The zero-order valence-corrected chi connectivity index (χ0v) is 5.64. The first-order chi connectivity index (χ1) is 3.60. The van der Waals surface area contributed by atoms with E-state index in [0.29, 0.717) is 6.16 Å². The molecule has 46 valence electrons. The Kier molecular flexibility index (Phi) is 1.30. The second kappa shape index (κ2) is 1.71. The van der Waals surface area contributed by atoms with Gasteiger partial charge in [-0.1, -0.05) is 6.08 Å². The molecule has 1 aliphatic rings. The van der Waals surface area contributed by atoms with Gasteiger partial charge in [-0.25, -0.2) is 0 Å². The third-order valence-corrected chi connectivity index (χ3v) is 3.08. The predicted molar refractivity (Wildman–Crippen MR) is 33.5 cm³/mol. The molecular weight excluding hydrogens is 123 g/mol. The molecule has 0 aromatic carbocycles. The minimum Gasteiger partial charge on any atom is -0.389 e. The fraction of sp³-hybridized carbons (Fsp3) is 0.600. The van der Waals surface area contributed by atoms with E-state index in [1.165, 1.54) is 0 Å². The lowest BCUT2D eigenvalue weighted by Gasteiger charge is -1.99. The smallest absolute Gasteiger partial charge is 0.108 e. The van der Waals surface area contributed by atoms with Crippen molar-refractivity contribution in [2.24, 2.45) is 0 Å². The quantitative estimate of drug-likeness (QED) is 0.496. The van der Waals surface area contributed by atoms with Gasteiger partial charge < -0.3 is 9.67 Å². The Balaban J connectivity index is 2.73. The van der Waals surface area contributed by atoms with Gasteiger partial charge in [-0.2, -0.15) is 0 Å². The summed E-state index contributed by atoms with van der Waals surface area (Å²) >= 11 is 0. The zero-order chi connectivity index (χ0) is 6.20. The van der Waals surface area contributed by atoms with Gasteiger partial charge in [-0.05, 0) is 12.5 Å². The maximum Gasteiger partial charge on any atom is 0.108 e. The highest BCUT2D eigenvalue weighted by Crippen LogP contribution is 2.47. The van der Waals surface area contributed by atoms with Gasteiger partial charge in [0, 0.05) is 6.16 Å². The van der Waals surface area contributed by atoms with Gasteiger partial charge in [-0.3, -0.25) is 0 Å². The average Bonchev–Trinajstić information content (AvgIpc) is 1.82. The van der Waals surface area contributed by atoms with E-state index in [2.05, 4.69) is 0 Å². The maximum atomic E-state index is 11.0. The van der Waals surface area contributed by atoms with E-state index in [4.69, 9.17) is 5.11 Å². The molecule has 3 heteroatoms. The average molecular weight is 132 g/mol. The summed E-state index contributed by atoms with van der Waals surface area (Å²) in [6.07, 6.45) is 1.58. The Morgan fingerprint density at radius 2 is 2.50 bits per heavy atom. The molecule has 1 heterocycles. The number of aliphatic hydroxyl groups excluding tert-OH is 1. The molecule has 0 spiro atoms. The number of hydrogen-bond acceptors (Lipinski definition) is 2. The van der Waals surface area contributed by atoms with Gasteiger partial charge in [0.2, 0.25) is 0 Å². The van der Waals surface area contributed by atoms with Crippen molar-refractivity contribution >= 4 is 7.14 Å². The van der Waals surface area contributed by atoms with Crippen LogP contribution in [0.4, 0.5) is 0 Å². The van der Waals surface area contributed by atoms with Crippen molar-refractivity contribution < 1.29 is 9.67 Å². The van der Waals surface area contributed by atoms with Crippen LogP contribution in [0.15, 0.2) is 11.9 Å². The SMILES string of the molecule is CP1(=O)C=C[C@H](O)C1. The molecule has 0 radical (unpaired) electrons. The van der Waals surface area contributed by atoms with Crippen molar-refractivity contribution in [3.8, 4) is 0 Å². The normalized spacial score (nSPS) is 45.5. The summed E-state index contributed by atoms with van der Waals surface area (Å²) in [5, 5.41) is 8.81. The number of aliphatic hydroxyl groups is 1. The standard InChI is InChI=1S/C5H9O2P/c1-8(7)3-2-5(6)4-8/h2-3,5-6H,4H2,1H3/t5-,8?/m0/s1. The van der Waals surface area contributed by atoms with Gasteiger partial charge in [0.15, 0.2) is 0 Å². The Bertz CT molecular complexity index is 162. The highest BCUT2D eigenvalue weighted by Gasteiger charge is 2.21. The molecule has 8 heavy (non-hydrogen) atoms. The third kappa shape index (κ3) is 1.21. The van der Waals surface area contributed by atoms with Crippen molar-refractivity contribution in [2.45, 2.75) is 6.10 Å². The van der Waals surface area contributed by atoms with E-state index in [-0.39, 0.29) is 0 Å². The molecule has 0 aromatic heterocycles. The second-order valence-electron chi connectivity index (χ2n) is 2.27. The van der Waals surface area contributed by atoms with E-state index >= 15 is 0 Å². The molecule has 0 amide bonds. The van der Waals surface area contributed by atoms with Crippen LogP contribution in [-0.4, -0.2) is 24.0 Å². The molecule has 0 aromatic rings. The van der Waals surface area contributed by atoms with Crippen LogP contribution in [0.2, 0.25) is 0 Å². The van der Waals surface area contributed by atoms with Crippen LogP contribution in [0.1, 0.15) is 0 Å². The first-order valence-corrected chi connectivity index (χ1v) is 4.95. The summed E-state index contributed by atoms with van der Waals surface area (Å²) < 4.78 is 11.0. The predicted octanol–water partition coefficient (Wildman–Crippen LogP) is 0.867. The van der Waals surface area contributed by atoms with Crippen LogP contribution in [0, 0.1) is 0 Å². The molecule has 1 unspecified atom stereocenters. The van der Waals surface area contributed by atoms with Gasteiger partial charge in [0.1, 0.15) is 7.14 Å². The van der Waals surface area contributed by atoms with Crippen molar-refractivity contribution in [3.05, 3.63) is 11.9 Å². The fourth-order valence-electron chi connectivity index (χ4n) is 0.775. The monoisotopic (exact) mass is 132 g/mol. The van der Waals surface area contributed by atoms with Crippen molar-refractivity contribution in [1.29, 1.82) is 0 Å². The summed E-state index contributed by atoms with van der Waals surface area (Å²) in [4.78, 5) is 0. The third-order valence-electron chi connectivity index (χ3n) is 1.17. The molecule has 1 N–H and O–H groups in total. The van der Waals surface area contributed by atoms with Gasteiger partial charge in [0.25, 0.3) is 0 Å². The highest BCUT2D eigenvalue weighted by molar-refractivity contribution is 7.66. The van der Waals surface area contributed by atoms with Gasteiger partial charge in [-0.15, -0.1) is 0 Å². The maximum absolute atomic E-state index is 11.0. The van der Waals surface area contributed by atoms with E-state index in [0.717, 1.165) is 0 Å². The first kappa shape index (κ1) is 6.06. The van der Waals surface area contributed by atoms with Gasteiger partial charge in [0.05, 0.1) is 6.10 Å². The van der Waals surface area contributed by atoms with E-state index in [1.54, 1.807) is 18.6 Å². The van der Waals surface area contributed by atoms with Crippen LogP contribution in [0.25, 0.3) is 0 Å².